The molecule has 7 nitrogen and oxygen atoms in total. The van der Waals surface area contributed by atoms with E-state index in [1.165, 1.54) is 30.0 Å². The first kappa shape index (κ1) is 21.1. The van der Waals surface area contributed by atoms with Crippen LogP contribution in [0.2, 0.25) is 5.02 Å². The van der Waals surface area contributed by atoms with Gasteiger partial charge in [0.25, 0.3) is 5.91 Å². The van der Waals surface area contributed by atoms with Crippen molar-refractivity contribution in [3.05, 3.63) is 76.0 Å². The Morgan fingerprint density at radius 1 is 1.10 bits per heavy atom. The van der Waals surface area contributed by atoms with E-state index in [1.54, 1.807) is 12.1 Å². The molecule has 0 atom stereocenters. The Morgan fingerprint density at radius 2 is 1.90 bits per heavy atom. The summed E-state index contributed by atoms with van der Waals surface area (Å²) < 4.78 is 5.63. The molecular formula is C22H20ClN3O4. The molecule has 3 rings (SSSR count). The number of carbonyl (C=O) groups excluding carboxylic acids is 1. The van der Waals surface area contributed by atoms with Gasteiger partial charge in [0.2, 0.25) is 0 Å². The molecule has 0 saturated heterocycles. The number of amides is 1. The number of halogens is 1. The first-order valence-corrected chi connectivity index (χ1v) is 9.47. The minimum atomic E-state index is -1.06. The number of rotatable bonds is 7. The number of hydrazone groups is 1. The van der Waals surface area contributed by atoms with Crippen molar-refractivity contribution in [2.24, 2.45) is 5.10 Å². The third-order valence-corrected chi connectivity index (χ3v) is 4.78. The summed E-state index contributed by atoms with van der Waals surface area (Å²) in [6, 6.07) is 13.5. The Labute approximate surface area is 178 Å². The molecule has 0 radical (unpaired) electrons. The predicted molar refractivity (Wildman–Crippen MR) is 116 cm³/mol. The molecule has 0 bridgehead atoms. The lowest BCUT2D eigenvalue weighted by Crippen LogP contribution is -2.25. The molecule has 1 amide bonds. The smallest absolute Gasteiger partial charge is 0.335 e. The SMILES string of the molecule is Cc1ccc(NCC(=O)N/N=C\c2ccc(-c3cc(C(=O)O)ccc3Cl)o2)cc1C. The predicted octanol–water partition coefficient (Wildman–Crippen LogP) is 4.48. The maximum absolute atomic E-state index is 11.9. The van der Waals surface area contributed by atoms with Gasteiger partial charge in [0, 0.05) is 11.3 Å². The van der Waals surface area contributed by atoms with Crippen LogP contribution in [-0.4, -0.2) is 29.7 Å². The van der Waals surface area contributed by atoms with Gasteiger partial charge >= 0.3 is 5.97 Å². The number of carboxylic acid groups (broad SMARTS) is 1. The number of nitrogens with zero attached hydrogens (tertiary/aromatic N) is 1. The quantitative estimate of drug-likeness (QED) is 0.382. The van der Waals surface area contributed by atoms with Crippen LogP contribution in [0.15, 0.2) is 58.0 Å². The Bertz CT molecular complexity index is 1120. The summed E-state index contributed by atoms with van der Waals surface area (Å²) >= 11 is 6.14. The van der Waals surface area contributed by atoms with Crippen molar-refractivity contribution in [3.63, 3.8) is 0 Å². The highest BCUT2D eigenvalue weighted by atomic mass is 35.5. The van der Waals surface area contributed by atoms with E-state index >= 15 is 0 Å². The average Bonchev–Trinajstić information content (AvgIpc) is 3.17. The molecule has 0 unspecified atom stereocenters. The monoisotopic (exact) mass is 425 g/mol. The Hall–Kier alpha value is -3.58. The second kappa shape index (κ2) is 9.28. The molecule has 0 saturated carbocycles. The summed E-state index contributed by atoms with van der Waals surface area (Å²) in [6.07, 6.45) is 1.35. The number of aryl methyl sites for hydroxylation is 2. The number of anilines is 1. The number of aromatic carboxylic acids is 1. The van der Waals surface area contributed by atoms with E-state index in [1.807, 2.05) is 32.0 Å². The number of carbonyl (C=O) groups is 2. The Balaban J connectivity index is 1.58. The summed E-state index contributed by atoms with van der Waals surface area (Å²) in [6.45, 7) is 4.10. The highest BCUT2D eigenvalue weighted by Gasteiger charge is 2.12. The highest BCUT2D eigenvalue weighted by molar-refractivity contribution is 6.33. The molecule has 0 fully saturated rings. The lowest BCUT2D eigenvalue weighted by Gasteiger charge is -2.07. The minimum Gasteiger partial charge on any atom is -0.478 e. The van der Waals surface area contributed by atoms with Gasteiger partial charge in [-0.05, 0) is 67.4 Å². The molecule has 0 aliphatic rings. The van der Waals surface area contributed by atoms with Crippen molar-refractivity contribution in [1.29, 1.82) is 0 Å². The number of hydrogen-bond donors (Lipinski definition) is 3. The Morgan fingerprint density at radius 3 is 2.63 bits per heavy atom. The largest absolute Gasteiger partial charge is 0.478 e. The van der Waals surface area contributed by atoms with Crippen LogP contribution in [0.25, 0.3) is 11.3 Å². The van der Waals surface area contributed by atoms with E-state index < -0.39 is 5.97 Å². The van der Waals surface area contributed by atoms with Crippen LogP contribution < -0.4 is 10.7 Å². The third kappa shape index (κ3) is 5.27. The van der Waals surface area contributed by atoms with E-state index in [4.69, 9.17) is 21.1 Å². The number of furan rings is 1. The average molecular weight is 426 g/mol. The molecule has 3 aromatic rings. The van der Waals surface area contributed by atoms with Gasteiger partial charge < -0.3 is 14.8 Å². The number of nitrogens with one attached hydrogen (secondary N) is 2. The van der Waals surface area contributed by atoms with E-state index in [0.29, 0.717) is 22.1 Å². The summed E-state index contributed by atoms with van der Waals surface area (Å²) in [5.41, 5.74) is 6.15. The molecule has 154 valence electrons. The molecule has 0 spiro atoms. The van der Waals surface area contributed by atoms with Gasteiger partial charge in [0.05, 0.1) is 23.3 Å². The summed E-state index contributed by atoms with van der Waals surface area (Å²) in [4.78, 5) is 23.1. The molecular weight excluding hydrogens is 406 g/mol. The highest BCUT2D eigenvalue weighted by Crippen LogP contribution is 2.30. The van der Waals surface area contributed by atoms with Crippen LogP contribution in [0.4, 0.5) is 5.69 Å². The van der Waals surface area contributed by atoms with Gasteiger partial charge in [0.1, 0.15) is 11.5 Å². The lowest BCUT2D eigenvalue weighted by molar-refractivity contribution is -0.119. The maximum atomic E-state index is 11.9. The zero-order chi connectivity index (χ0) is 21.7. The van der Waals surface area contributed by atoms with E-state index in [-0.39, 0.29) is 18.0 Å². The fourth-order valence-electron chi connectivity index (χ4n) is 2.66. The van der Waals surface area contributed by atoms with Crippen LogP contribution >= 0.6 is 11.6 Å². The number of carboxylic acids is 1. The third-order valence-electron chi connectivity index (χ3n) is 4.45. The van der Waals surface area contributed by atoms with Crippen LogP contribution in [0.3, 0.4) is 0 Å². The van der Waals surface area contributed by atoms with Gasteiger partial charge in [-0.3, -0.25) is 4.79 Å². The van der Waals surface area contributed by atoms with Crippen molar-refractivity contribution in [2.75, 3.05) is 11.9 Å². The van der Waals surface area contributed by atoms with Crippen LogP contribution in [-0.2, 0) is 4.79 Å². The summed E-state index contributed by atoms with van der Waals surface area (Å²) in [5, 5.41) is 16.4. The molecule has 0 aliphatic carbocycles. The van der Waals surface area contributed by atoms with Gasteiger partial charge in [-0.2, -0.15) is 5.10 Å². The first-order valence-electron chi connectivity index (χ1n) is 9.09. The second-order valence-electron chi connectivity index (χ2n) is 6.65. The molecule has 2 aromatic carbocycles. The van der Waals surface area contributed by atoms with Gasteiger partial charge in [-0.25, -0.2) is 10.2 Å². The standard InChI is InChI=1S/C22H20ClN3O4/c1-13-3-5-16(9-14(13)2)24-12-21(27)26-25-11-17-6-8-20(30-17)18-10-15(22(28)29)4-7-19(18)23/h3-11,24H,12H2,1-2H3,(H,26,27)(H,28,29)/b25-11-. The number of benzene rings is 2. The summed E-state index contributed by atoms with van der Waals surface area (Å²) in [5.74, 6) is -0.594. The van der Waals surface area contributed by atoms with Gasteiger partial charge in [-0.15, -0.1) is 0 Å². The minimum absolute atomic E-state index is 0.0703. The lowest BCUT2D eigenvalue weighted by atomic mass is 10.1. The topological polar surface area (TPSA) is 104 Å². The van der Waals surface area contributed by atoms with E-state index in [0.717, 1.165) is 11.3 Å². The van der Waals surface area contributed by atoms with Crippen LogP contribution in [0.5, 0.6) is 0 Å². The Kier molecular flexibility index (Phi) is 6.54. The van der Waals surface area contributed by atoms with Crippen molar-refractivity contribution in [2.45, 2.75) is 13.8 Å². The van der Waals surface area contributed by atoms with E-state index in [9.17, 15) is 9.59 Å². The second-order valence-corrected chi connectivity index (χ2v) is 7.05. The molecule has 30 heavy (non-hydrogen) atoms. The maximum Gasteiger partial charge on any atom is 0.335 e. The zero-order valence-electron chi connectivity index (χ0n) is 16.4. The van der Waals surface area contributed by atoms with Crippen molar-refractivity contribution in [1.82, 2.24) is 5.43 Å². The summed E-state index contributed by atoms with van der Waals surface area (Å²) in [7, 11) is 0. The molecule has 3 N–H and O–H groups in total. The van der Waals surface area contributed by atoms with Crippen LogP contribution in [0.1, 0.15) is 27.2 Å². The molecule has 1 aromatic heterocycles. The van der Waals surface area contributed by atoms with E-state index in [2.05, 4.69) is 15.8 Å². The fourth-order valence-corrected chi connectivity index (χ4v) is 2.87. The van der Waals surface area contributed by atoms with Crippen molar-refractivity contribution >= 4 is 35.4 Å². The van der Waals surface area contributed by atoms with Gasteiger partial charge in [-0.1, -0.05) is 17.7 Å². The van der Waals surface area contributed by atoms with Crippen LogP contribution in [0, 0.1) is 13.8 Å². The molecule has 1 heterocycles. The normalized spacial score (nSPS) is 10.9. The van der Waals surface area contributed by atoms with Crippen molar-refractivity contribution in [3.8, 4) is 11.3 Å². The zero-order valence-corrected chi connectivity index (χ0v) is 17.2. The fraction of sp³-hybridized carbons (Fsp3) is 0.136. The molecule has 8 heteroatoms. The first-order chi connectivity index (χ1) is 14.3. The van der Waals surface area contributed by atoms with Crippen molar-refractivity contribution < 1.29 is 19.1 Å². The molecule has 0 aliphatic heterocycles. The number of hydrogen-bond acceptors (Lipinski definition) is 5. The van der Waals surface area contributed by atoms with Gasteiger partial charge in [0.15, 0.2) is 0 Å².